The molecule has 1 saturated heterocycles. The number of nitrogens with one attached hydrogen (secondary N) is 1. The quantitative estimate of drug-likeness (QED) is 0.758. The maximum Gasteiger partial charge on any atom is 0.137 e. The van der Waals surface area contributed by atoms with Gasteiger partial charge in [0.2, 0.25) is 0 Å². The lowest BCUT2D eigenvalue weighted by atomic mass is 9.77. The summed E-state index contributed by atoms with van der Waals surface area (Å²) < 4.78 is 5.61. The van der Waals surface area contributed by atoms with Gasteiger partial charge >= 0.3 is 0 Å². The third-order valence-corrected chi connectivity index (χ3v) is 7.88. The van der Waals surface area contributed by atoms with Crippen molar-refractivity contribution in [3.63, 3.8) is 0 Å². The topological polar surface area (TPSA) is 69.6 Å². The van der Waals surface area contributed by atoms with Crippen molar-refractivity contribution in [3.8, 4) is 0 Å². The van der Waals surface area contributed by atoms with E-state index in [-0.39, 0.29) is 0 Å². The first-order valence-electron chi connectivity index (χ1n) is 11.7. The summed E-state index contributed by atoms with van der Waals surface area (Å²) in [6, 6.07) is 0. The van der Waals surface area contributed by atoms with Gasteiger partial charge in [0.05, 0.1) is 11.8 Å². The summed E-state index contributed by atoms with van der Waals surface area (Å²) in [5, 5.41) is 4.25. The van der Waals surface area contributed by atoms with Gasteiger partial charge in [-0.15, -0.1) is 0 Å². The van der Waals surface area contributed by atoms with Gasteiger partial charge < -0.3 is 14.6 Å². The van der Waals surface area contributed by atoms with Crippen LogP contribution < -0.4 is 5.43 Å². The van der Waals surface area contributed by atoms with Crippen molar-refractivity contribution >= 4 is 29.9 Å². The van der Waals surface area contributed by atoms with E-state index in [0.29, 0.717) is 11.3 Å². The number of aromatic amines is 1. The van der Waals surface area contributed by atoms with Crippen molar-refractivity contribution < 1.29 is 10.2 Å². The number of hydrogen-bond acceptors (Lipinski definition) is 4. The number of nitrogens with two attached hydrogens (primary N) is 1. The van der Waals surface area contributed by atoms with Crippen LogP contribution in [-0.2, 0) is 4.74 Å². The lowest BCUT2D eigenvalue weighted by molar-refractivity contribution is -0.589. The third kappa shape index (κ3) is 3.22. The van der Waals surface area contributed by atoms with Gasteiger partial charge in [0.25, 0.3) is 0 Å². The third-order valence-electron chi connectivity index (χ3n) is 7.88. The van der Waals surface area contributed by atoms with Crippen LogP contribution in [0.3, 0.4) is 0 Å². The first-order chi connectivity index (χ1) is 14.8. The molecule has 1 unspecified atom stereocenters. The van der Waals surface area contributed by atoms with Gasteiger partial charge in [0.1, 0.15) is 12.0 Å². The molecule has 2 aliphatic carbocycles. The molecular formula is C24H32N5O+. The molecule has 3 fully saturated rings. The summed E-state index contributed by atoms with van der Waals surface area (Å²) in [7, 11) is 0. The fourth-order valence-electron chi connectivity index (χ4n) is 6.12. The number of allylic oxidation sites excluding steroid dienone is 2. The van der Waals surface area contributed by atoms with E-state index in [2.05, 4.69) is 39.7 Å². The van der Waals surface area contributed by atoms with Crippen molar-refractivity contribution in [2.75, 3.05) is 32.8 Å². The van der Waals surface area contributed by atoms with Gasteiger partial charge in [-0.3, -0.25) is 0 Å². The van der Waals surface area contributed by atoms with Crippen LogP contribution >= 0.6 is 0 Å². The molecule has 6 rings (SSSR count). The molecule has 1 spiro atoms. The van der Waals surface area contributed by atoms with Crippen LogP contribution in [0.15, 0.2) is 28.1 Å². The fraction of sp³-hybridized carbons (Fsp3) is 0.583. The van der Waals surface area contributed by atoms with E-state index >= 15 is 0 Å². The Morgan fingerprint density at radius 3 is 2.80 bits per heavy atom. The number of H-pyrrole nitrogens is 1. The van der Waals surface area contributed by atoms with Gasteiger partial charge in [0.15, 0.2) is 0 Å². The molecule has 1 atom stereocenters. The van der Waals surface area contributed by atoms with Crippen molar-refractivity contribution in [2.45, 2.75) is 38.5 Å². The Kier molecular flexibility index (Phi) is 4.74. The summed E-state index contributed by atoms with van der Waals surface area (Å²) >= 11 is 0. The molecule has 3 N–H and O–H groups in total. The van der Waals surface area contributed by atoms with Crippen LogP contribution in [-0.4, -0.2) is 55.2 Å². The minimum Gasteiger partial charge on any atom is -0.381 e. The van der Waals surface area contributed by atoms with Gasteiger partial charge in [0, 0.05) is 67.7 Å². The molecule has 0 amide bonds. The van der Waals surface area contributed by atoms with Gasteiger partial charge in [-0.1, -0.05) is 16.8 Å². The first-order valence-corrected chi connectivity index (χ1v) is 11.7. The van der Waals surface area contributed by atoms with Crippen molar-refractivity contribution in [3.05, 3.63) is 29.1 Å². The number of rotatable bonds is 3. The molecular weight excluding hydrogens is 374 g/mol. The fourth-order valence-corrected chi connectivity index (χ4v) is 6.12. The molecule has 1 aromatic heterocycles. The zero-order valence-electron chi connectivity index (χ0n) is 17.6. The largest absolute Gasteiger partial charge is 0.381 e. The monoisotopic (exact) mass is 406 g/mol. The van der Waals surface area contributed by atoms with Gasteiger partial charge in [-0.05, 0) is 44.4 Å². The Labute approximate surface area is 178 Å². The smallest absolute Gasteiger partial charge is 0.137 e. The Balaban J connectivity index is 1.15. The van der Waals surface area contributed by atoms with Gasteiger partial charge in [-0.2, -0.15) is 5.43 Å². The highest BCUT2D eigenvalue weighted by molar-refractivity contribution is 6.12. The highest BCUT2D eigenvalue weighted by Gasteiger charge is 2.59. The lowest BCUT2D eigenvalue weighted by Gasteiger charge is -2.34. The highest BCUT2D eigenvalue weighted by Crippen LogP contribution is 2.67. The van der Waals surface area contributed by atoms with E-state index in [0.717, 1.165) is 24.9 Å². The summed E-state index contributed by atoms with van der Waals surface area (Å²) in [6.07, 6.45) is 18.5. The van der Waals surface area contributed by atoms with E-state index in [1.165, 1.54) is 74.9 Å². The Morgan fingerprint density at radius 1 is 1.20 bits per heavy atom. The van der Waals surface area contributed by atoms with E-state index < -0.39 is 0 Å². The molecule has 30 heavy (non-hydrogen) atoms. The van der Waals surface area contributed by atoms with Crippen LogP contribution in [0.1, 0.15) is 49.7 Å². The van der Waals surface area contributed by atoms with E-state index in [4.69, 9.17) is 9.73 Å². The maximum atomic E-state index is 5.61. The molecule has 0 aromatic carbocycles. The Bertz CT molecular complexity index is 923. The second-order valence-corrected chi connectivity index (χ2v) is 9.59. The average Bonchev–Trinajstić information content (AvgIpc) is 3.07. The highest BCUT2D eigenvalue weighted by atomic mass is 16.5. The number of hydrogen-bond donors (Lipinski definition) is 2. The van der Waals surface area contributed by atoms with Crippen LogP contribution in [0.4, 0.5) is 5.82 Å². The summed E-state index contributed by atoms with van der Waals surface area (Å²) in [5.74, 6) is 2.40. The molecule has 0 bridgehead atoms. The predicted molar refractivity (Wildman–Crippen MR) is 120 cm³/mol. The van der Waals surface area contributed by atoms with Crippen LogP contribution in [0.25, 0.3) is 11.6 Å². The number of fused-ring (bicyclic) bond motifs is 4. The molecule has 3 aliphatic heterocycles. The van der Waals surface area contributed by atoms with Crippen LogP contribution in [0, 0.1) is 17.3 Å². The molecule has 1 aromatic rings. The first kappa shape index (κ1) is 18.7. The van der Waals surface area contributed by atoms with E-state index in [9.17, 15) is 0 Å². The lowest BCUT2D eigenvalue weighted by Crippen LogP contribution is -2.69. The van der Waals surface area contributed by atoms with Crippen LogP contribution in [0.2, 0.25) is 0 Å². The number of aliphatic imine (C=N–C) groups is 1. The zero-order valence-corrected chi connectivity index (χ0v) is 17.6. The van der Waals surface area contributed by atoms with Gasteiger partial charge in [-0.25, -0.2) is 4.99 Å². The number of ether oxygens (including phenoxy) is 1. The molecule has 158 valence electrons. The summed E-state index contributed by atoms with van der Waals surface area (Å²) in [5.41, 5.74) is 7.52. The number of nitrogens with zero attached hydrogens (tertiary/aromatic N) is 3. The van der Waals surface area contributed by atoms with Crippen LogP contribution in [0.5, 0.6) is 0 Å². The molecule has 5 aliphatic rings. The normalized spacial score (nSPS) is 33.3. The molecule has 6 nitrogen and oxygen atoms in total. The molecule has 4 heterocycles. The number of aromatic nitrogens is 1. The van der Waals surface area contributed by atoms with E-state index in [1.807, 2.05) is 11.6 Å². The standard InChI is InChI=1S/C24H31N5O/c1-7-29(8-2-10-30-9-1)16-17-3-5-24(6-4-17)21-11-19-20(18-12-27-28-13-18)14-25-23(19)26-15-22(21)24/h11-15,17,22,25H,1-10,16H2,(H,27,28)/p+1. The predicted octanol–water partition coefficient (Wildman–Crippen LogP) is 2.94. The summed E-state index contributed by atoms with van der Waals surface area (Å²) in [6.45, 7) is 5.56. The Hall–Kier alpha value is -2.02. The van der Waals surface area contributed by atoms with Crippen molar-refractivity contribution in [1.29, 1.82) is 0 Å². The average molecular weight is 407 g/mol. The minimum atomic E-state index is 0.389. The second-order valence-electron chi connectivity index (χ2n) is 9.59. The minimum absolute atomic E-state index is 0.389. The molecule has 2 saturated carbocycles. The second kappa shape index (κ2) is 7.59. The Morgan fingerprint density at radius 2 is 2.03 bits per heavy atom. The SMILES string of the molecule is C1=N[NH2+]C=C1c1c[nH]c2c1C=C1C(C=N2)C12CCC(CN1CCCOCCC1)CC2. The zero-order chi connectivity index (χ0) is 20.0. The van der Waals surface area contributed by atoms with E-state index in [1.54, 1.807) is 5.57 Å². The maximum absolute atomic E-state index is 5.61. The summed E-state index contributed by atoms with van der Waals surface area (Å²) in [4.78, 5) is 10.9. The molecule has 0 radical (unpaired) electrons. The van der Waals surface area contributed by atoms with Crippen molar-refractivity contribution in [2.24, 2.45) is 27.3 Å². The number of quaternary nitrogens is 1. The molecule has 6 heteroatoms. The van der Waals surface area contributed by atoms with Crippen molar-refractivity contribution in [1.82, 2.24) is 9.88 Å².